The van der Waals surface area contributed by atoms with Crippen molar-refractivity contribution < 1.29 is 9.53 Å². The molecule has 0 radical (unpaired) electrons. The molecular weight excluding hydrogens is 244 g/mol. The van der Waals surface area contributed by atoms with Gasteiger partial charge in [0.15, 0.2) is 0 Å². The number of anilines is 1. The molecule has 1 saturated heterocycles. The molecule has 1 aliphatic rings. The summed E-state index contributed by atoms with van der Waals surface area (Å²) < 4.78 is 4.65. The quantitative estimate of drug-likeness (QED) is 0.807. The van der Waals surface area contributed by atoms with Crippen LogP contribution in [0.2, 0.25) is 0 Å². The molecule has 1 aromatic heterocycles. The van der Waals surface area contributed by atoms with Crippen molar-refractivity contribution in [1.29, 1.82) is 0 Å². The molecule has 0 aromatic carbocycles. The monoisotopic (exact) mass is 264 g/mol. The van der Waals surface area contributed by atoms with E-state index in [1.807, 2.05) is 13.1 Å². The van der Waals surface area contributed by atoms with Crippen LogP contribution in [-0.4, -0.2) is 49.7 Å². The minimum Gasteiger partial charge on any atom is -0.463 e. The first-order chi connectivity index (χ1) is 9.24. The number of aromatic nitrogens is 2. The number of piperidine rings is 1. The molecule has 1 aliphatic heterocycles. The minimum absolute atomic E-state index is 0.121. The fourth-order valence-corrected chi connectivity index (χ4v) is 2.44. The molecule has 1 unspecified atom stereocenters. The number of rotatable bonds is 4. The van der Waals surface area contributed by atoms with E-state index in [4.69, 9.17) is 0 Å². The molecule has 2 rings (SSSR count). The standard InChI is InChI=1S/C13H20N4O2/c1-14-8-10-4-3-7-17(9-10)11-5-6-15-12(16-11)13(18)19-2/h5-6,10,14H,3-4,7-9H2,1-2H3. The molecule has 6 nitrogen and oxygen atoms in total. The van der Waals surface area contributed by atoms with Gasteiger partial charge in [0.25, 0.3) is 0 Å². The van der Waals surface area contributed by atoms with Gasteiger partial charge in [0, 0.05) is 19.3 Å². The molecular formula is C13H20N4O2. The fourth-order valence-electron chi connectivity index (χ4n) is 2.44. The molecule has 1 atom stereocenters. The topological polar surface area (TPSA) is 67.4 Å². The maximum absolute atomic E-state index is 11.4. The Morgan fingerprint density at radius 3 is 3.21 bits per heavy atom. The van der Waals surface area contributed by atoms with Gasteiger partial charge in [0.2, 0.25) is 5.82 Å². The van der Waals surface area contributed by atoms with Crippen LogP contribution in [0.4, 0.5) is 5.82 Å². The largest absolute Gasteiger partial charge is 0.463 e. The Bertz CT molecular complexity index is 436. The number of nitrogens with zero attached hydrogens (tertiary/aromatic N) is 3. The molecule has 1 N–H and O–H groups in total. The van der Waals surface area contributed by atoms with Crippen molar-refractivity contribution >= 4 is 11.8 Å². The molecule has 0 aliphatic carbocycles. The molecule has 0 bridgehead atoms. The second kappa shape index (κ2) is 6.47. The van der Waals surface area contributed by atoms with Gasteiger partial charge in [-0.3, -0.25) is 0 Å². The van der Waals surface area contributed by atoms with E-state index < -0.39 is 5.97 Å². The normalized spacial score (nSPS) is 19.3. The molecule has 6 heteroatoms. The zero-order chi connectivity index (χ0) is 13.7. The summed E-state index contributed by atoms with van der Waals surface area (Å²) in [6.45, 7) is 2.93. The van der Waals surface area contributed by atoms with Crippen molar-refractivity contribution in [2.75, 3.05) is 38.7 Å². The Kier molecular flexibility index (Phi) is 4.68. The lowest BCUT2D eigenvalue weighted by Crippen LogP contribution is -2.39. The molecule has 0 amide bonds. The van der Waals surface area contributed by atoms with Crippen LogP contribution >= 0.6 is 0 Å². The lowest BCUT2D eigenvalue weighted by Gasteiger charge is -2.33. The number of hydrogen-bond acceptors (Lipinski definition) is 6. The summed E-state index contributed by atoms with van der Waals surface area (Å²) in [6.07, 6.45) is 3.98. The van der Waals surface area contributed by atoms with Crippen LogP contribution in [0, 0.1) is 5.92 Å². The second-order valence-corrected chi connectivity index (χ2v) is 4.74. The third kappa shape index (κ3) is 3.41. The zero-order valence-corrected chi connectivity index (χ0v) is 11.4. The molecule has 2 heterocycles. The van der Waals surface area contributed by atoms with Gasteiger partial charge in [0.05, 0.1) is 7.11 Å². The molecule has 1 fully saturated rings. The van der Waals surface area contributed by atoms with Crippen LogP contribution in [0.5, 0.6) is 0 Å². The van der Waals surface area contributed by atoms with E-state index in [9.17, 15) is 4.79 Å². The van der Waals surface area contributed by atoms with Gasteiger partial charge >= 0.3 is 5.97 Å². The molecule has 104 valence electrons. The van der Waals surface area contributed by atoms with E-state index in [2.05, 4.69) is 24.9 Å². The van der Waals surface area contributed by atoms with E-state index in [-0.39, 0.29) is 5.82 Å². The summed E-state index contributed by atoms with van der Waals surface area (Å²) in [6, 6.07) is 1.84. The first-order valence-electron chi connectivity index (χ1n) is 6.55. The minimum atomic E-state index is -0.495. The fraction of sp³-hybridized carbons (Fsp3) is 0.615. The summed E-state index contributed by atoms with van der Waals surface area (Å²) in [5.41, 5.74) is 0. The van der Waals surface area contributed by atoms with Gasteiger partial charge in [-0.2, -0.15) is 0 Å². The highest BCUT2D eigenvalue weighted by molar-refractivity contribution is 5.85. The van der Waals surface area contributed by atoms with Gasteiger partial charge in [-0.05, 0) is 38.4 Å². The summed E-state index contributed by atoms with van der Waals surface area (Å²) in [5.74, 6) is 1.05. The average molecular weight is 264 g/mol. The van der Waals surface area contributed by atoms with E-state index in [0.29, 0.717) is 5.92 Å². The molecule has 0 saturated carbocycles. The number of nitrogens with one attached hydrogen (secondary N) is 1. The Morgan fingerprint density at radius 1 is 1.63 bits per heavy atom. The highest BCUT2D eigenvalue weighted by Crippen LogP contribution is 2.21. The third-order valence-electron chi connectivity index (χ3n) is 3.34. The summed E-state index contributed by atoms with van der Waals surface area (Å²) in [5, 5.41) is 3.21. The predicted octanol–water partition coefficient (Wildman–Crippen LogP) is 0.699. The van der Waals surface area contributed by atoms with Crippen LogP contribution in [-0.2, 0) is 4.74 Å². The highest BCUT2D eigenvalue weighted by Gasteiger charge is 2.21. The van der Waals surface area contributed by atoms with Crippen molar-refractivity contribution in [3.05, 3.63) is 18.1 Å². The van der Waals surface area contributed by atoms with Gasteiger partial charge in [-0.1, -0.05) is 0 Å². The van der Waals surface area contributed by atoms with Gasteiger partial charge < -0.3 is 15.0 Å². The van der Waals surface area contributed by atoms with Crippen molar-refractivity contribution in [2.24, 2.45) is 5.92 Å². The van der Waals surface area contributed by atoms with Crippen molar-refractivity contribution in [3.8, 4) is 0 Å². The molecule has 0 spiro atoms. The number of esters is 1. The van der Waals surface area contributed by atoms with Gasteiger partial charge in [0.1, 0.15) is 5.82 Å². The summed E-state index contributed by atoms with van der Waals surface area (Å²) >= 11 is 0. The van der Waals surface area contributed by atoms with Crippen molar-refractivity contribution in [3.63, 3.8) is 0 Å². The van der Waals surface area contributed by atoms with Crippen molar-refractivity contribution in [2.45, 2.75) is 12.8 Å². The van der Waals surface area contributed by atoms with E-state index in [1.54, 1.807) is 6.20 Å². The molecule has 1 aromatic rings. The van der Waals surface area contributed by atoms with Crippen LogP contribution < -0.4 is 10.2 Å². The van der Waals surface area contributed by atoms with Gasteiger partial charge in [-0.25, -0.2) is 14.8 Å². The van der Waals surface area contributed by atoms with Crippen molar-refractivity contribution in [1.82, 2.24) is 15.3 Å². The maximum atomic E-state index is 11.4. The number of carbonyl (C=O) groups is 1. The molecule has 19 heavy (non-hydrogen) atoms. The lowest BCUT2D eigenvalue weighted by molar-refractivity contribution is 0.0586. The first-order valence-corrected chi connectivity index (χ1v) is 6.55. The first kappa shape index (κ1) is 13.7. The zero-order valence-electron chi connectivity index (χ0n) is 11.4. The Labute approximate surface area is 113 Å². The number of carbonyl (C=O) groups excluding carboxylic acids is 1. The number of hydrogen-bond donors (Lipinski definition) is 1. The second-order valence-electron chi connectivity index (χ2n) is 4.74. The van der Waals surface area contributed by atoms with E-state index in [0.717, 1.165) is 31.9 Å². The maximum Gasteiger partial charge on any atom is 0.376 e. The summed E-state index contributed by atoms with van der Waals surface area (Å²) in [4.78, 5) is 21.9. The van der Waals surface area contributed by atoms with Gasteiger partial charge in [-0.15, -0.1) is 0 Å². The van der Waals surface area contributed by atoms with Crippen LogP contribution in [0.25, 0.3) is 0 Å². The Morgan fingerprint density at radius 2 is 2.47 bits per heavy atom. The Balaban J connectivity index is 2.10. The smallest absolute Gasteiger partial charge is 0.376 e. The predicted molar refractivity (Wildman–Crippen MR) is 72.2 cm³/mol. The van der Waals surface area contributed by atoms with Crippen LogP contribution in [0.1, 0.15) is 23.5 Å². The summed E-state index contributed by atoms with van der Waals surface area (Å²) in [7, 11) is 3.31. The van der Waals surface area contributed by atoms with E-state index in [1.165, 1.54) is 13.5 Å². The number of ether oxygens (including phenoxy) is 1. The van der Waals surface area contributed by atoms with E-state index >= 15 is 0 Å². The number of methoxy groups -OCH3 is 1. The lowest BCUT2D eigenvalue weighted by atomic mass is 9.98. The highest BCUT2D eigenvalue weighted by atomic mass is 16.5. The van der Waals surface area contributed by atoms with Crippen LogP contribution in [0.15, 0.2) is 12.3 Å². The average Bonchev–Trinajstić information content (AvgIpc) is 2.47. The van der Waals surface area contributed by atoms with Crippen LogP contribution in [0.3, 0.4) is 0 Å². The Hall–Kier alpha value is -1.69. The SMILES string of the molecule is CNCC1CCCN(c2ccnc(C(=O)OC)n2)C1. The third-order valence-corrected chi connectivity index (χ3v) is 3.34.